The fraction of sp³-hybridized carbons (Fsp3) is 0.562. The van der Waals surface area contributed by atoms with Crippen molar-refractivity contribution in [3.05, 3.63) is 35.4 Å². The molecule has 2 N–H and O–H groups in total. The van der Waals surface area contributed by atoms with Crippen LogP contribution in [0.4, 0.5) is 0 Å². The lowest BCUT2D eigenvalue weighted by molar-refractivity contribution is 0.696. The molecule has 0 fully saturated rings. The number of aliphatic imine (C=N–C) groups is 1. The molecule has 1 unspecified atom stereocenters. The number of nitrogens with one attached hydrogen (secondary N) is 2. The Hall–Kier alpha value is -1.16. The first kappa shape index (κ1) is 16.9. The van der Waals surface area contributed by atoms with Crippen LogP contribution >= 0.6 is 11.8 Å². The minimum absolute atomic E-state index is 0.472. The molecule has 0 spiro atoms. The maximum atomic E-state index is 4.26. The van der Waals surface area contributed by atoms with E-state index in [1.54, 1.807) is 0 Å². The van der Waals surface area contributed by atoms with E-state index in [0.29, 0.717) is 5.92 Å². The molecule has 0 saturated heterocycles. The van der Waals surface area contributed by atoms with Gasteiger partial charge in [0.25, 0.3) is 0 Å². The Balaban J connectivity index is 2.36. The van der Waals surface area contributed by atoms with Crippen molar-refractivity contribution in [2.45, 2.75) is 26.2 Å². The molecule has 0 bridgehead atoms. The van der Waals surface area contributed by atoms with Crippen LogP contribution in [0.15, 0.2) is 29.3 Å². The Labute approximate surface area is 127 Å². The second kappa shape index (κ2) is 9.70. The van der Waals surface area contributed by atoms with Crippen LogP contribution in [0.5, 0.6) is 0 Å². The van der Waals surface area contributed by atoms with Gasteiger partial charge in [0.2, 0.25) is 0 Å². The zero-order valence-corrected chi connectivity index (χ0v) is 13.9. The Morgan fingerprint density at radius 3 is 2.80 bits per heavy atom. The highest BCUT2D eigenvalue weighted by Crippen LogP contribution is 2.15. The van der Waals surface area contributed by atoms with E-state index in [2.05, 4.69) is 60.0 Å². The van der Waals surface area contributed by atoms with E-state index in [1.165, 1.54) is 16.9 Å². The molecule has 0 saturated carbocycles. The molecular formula is C16H27N3S. The summed E-state index contributed by atoms with van der Waals surface area (Å²) in [6, 6.07) is 8.70. The zero-order valence-electron chi connectivity index (χ0n) is 13.1. The fourth-order valence-corrected chi connectivity index (χ4v) is 2.42. The Kier molecular flexibility index (Phi) is 8.19. The summed E-state index contributed by atoms with van der Waals surface area (Å²) in [5.74, 6) is 2.55. The molecule has 0 aromatic heterocycles. The van der Waals surface area contributed by atoms with Gasteiger partial charge in [-0.1, -0.05) is 36.8 Å². The van der Waals surface area contributed by atoms with Crippen LogP contribution in [-0.2, 0) is 0 Å². The topological polar surface area (TPSA) is 36.4 Å². The Morgan fingerprint density at radius 2 is 2.15 bits per heavy atom. The highest BCUT2D eigenvalue weighted by Gasteiger charge is 2.06. The number of nitrogens with zero attached hydrogens (tertiary/aromatic N) is 1. The molecule has 1 rings (SSSR count). The highest BCUT2D eigenvalue weighted by atomic mass is 32.2. The molecule has 1 aromatic rings. The minimum Gasteiger partial charge on any atom is -0.356 e. The lowest BCUT2D eigenvalue weighted by Gasteiger charge is -2.16. The number of hydrogen-bond acceptors (Lipinski definition) is 2. The van der Waals surface area contributed by atoms with Crippen LogP contribution in [0.1, 0.15) is 30.4 Å². The van der Waals surface area contributed by atoms with Crippen LogP contribution in [0.2, 0.25) is 0 Å². The lowest BCUT2D eigenvalue weighted by atomic mass is 9.99. The van der Waals surface area contributed by atoms with E-state index < -0.39 is 0 Å². The summed E-state index contributed by atoms with van der Waals surface area (Å²) in [4.78, 5) is 4.26. The van der Waals surface area contributed by atoms with Gasteiger partial charge in [-0.25, -0.2) is 0 Å². The van der Waals surface area contributed by atoms with E-state index in [1.807, 2.05) is 18.8 Å². The average Bonchev–Trinajstić information content (AvgIpc) is 2.46. The smallest absolute Gasteiger partial charge is 0.190 e. The molecule has 1 atom stereocenters. The van der Waals surface area contributed by atoms with Gasteiger partial charge in [-0.05, 0) is 36.8 Å². The quantitative estimate of drug-likeness (QED) is 0.461. The van der Waals surface area contributed by atoms with Gasteiger partial charge >= 0.3 is 0 Å². The number of rotatable bonds is 7. The van der Waals surface area contributed by atoms with E-state index in [4.69, 9.17) is 0 Å². The molecule has 0 radical (unpaired) electrons. The molecular weight excluding hydrogens is 266 g/mol. The van der Waals surface area contributed by atoms with Crippen molar-refractivity contribution in [1.82, 2.24) is 10.6 Å². The van der Waals surface area contributed by atoms with Crippen molar-refractivity contribution in [1.29, 1.82) is 0 Å². The molecule has 112 valence electrons. The summed E-state index contributed by atoms with van der Waals surface area (Å²) in [6.07, 6.45) is 3.30. The number of aryl methyl sites for hydroxylation is 1. The van der Waals surface area contributed by atoms with Crippen LogP contribution in [-0.4, -0.2) is 38.1 Å². The predicted molar refractivity (Wildman–Crippen MR) is 92.0 cm³/mol. The first-order valence-corrected chi connectivity index (χ1v) is 8.56. The summed E-state index contributed by atoms with van der Waals surface area (Å²) in [5, 5.41) is 6.74. The number of guanidine groups is 1. The Morgan fingerprint density at radius 1 is 1.35 bits per heavy atom. The average molecular weight is 293 g/mol. The largest absolute Gasteiger partial charge is 0.356 e. The van der Waals surface area contributed by atoms with Crippen LogP contribution in [0.3, 0.4) is 0 Å². The highest BCUT2D eigenvalue weighted by molar-refractivity contribution is 7.98. The minimum atomic E-state index is 0.472. The lowest BCUT2D eigenvalue weighted by Crippen LogP contribution is -2.39. The third-order valence-corrected chi connectivity index (χ3v) is 3.93. The number of thioether (sulfide) groups is 1. The van der Waals surface area contributed by atoms with Gasteiger partial charge in [0.1, 0.15) is 0 Å². The SMILES string of the molecule is CN=C(NCCCSC)NCC(C)c1cccc(C)c1. The molecule has 1 aromatic carbocycles. The summed E-state index contributed by atoms with van der Waals surface area (Å²) >= 11 is 1.88. The summed E-state index contributed by atoms with van der Waals surface area (Å²) in [5.41, 5.74) is 2.68. The van der Waals surface area contributed by atoms with Crippen molar-refractivity contribution in [3.8, 4) is 0 Å². The van der Waals surface area contributed by atoms with Crippen LogP contribution in [0, 0.1) is 6.92 Å². The summed E-state index contributed by atoms with van der Waals surface area (Å²) in [6.45, 7) is 6.24. The van der Waals surface area contributed by atoms with Gasteiger partial charge in [0.15, 0.2) is 5.96 Å². The van der Waals surface area contributed by atoms with Gasteiger partial charge in [0.05, 0.1) is 0 Å². The van der Waals surface area contributed by atoms with Gasteiger partial charge in [-0.15, -0.1) is 0 Å². The first-order valence-electron chi connectivity index (χ1n) is 7.17. The molecule has 0 aliphatic heterocycles. The normalized spacial score (nSPS) is 13.1. The Bertz CT molecular complexity index is 418. The molecule has 0 amide bonds. The second-order valence-corrected chi connectivity index (χ2v) is 6.03. The first-order chi connectivity index (χ1) is 9.67. The monoisotopic (exact) mass is 293 g/mol. The van der Waals surface area contributed by atoms with Gasteiger partial charge in [-0.2, -0.15) is 11.8 Å². The van der Waals surface area contributed by atoms with Crippen LogP contribution in [0.25, 0.3) is 0 Å². The molecule has 0 aliphatic rings. The van der Waals surface area contributed by atoms with E-state index in [-0.39, 0.29) is 0 Å². The van der Waals surface area contributed by atoms with Crippen LogP contribution < -0.4 is 10.6 Å². The van der Waals surface area contributed by atoms with E-state index >= 15 is 0 Å². The maximum absolute atomic E-state index is 4.26. The van der Waals surface area contributed by atoms with E-state index in [9.17, 15) is 0 Å². The zero-order chi connectivity index (χ0) is 14.8. The molecule has 20 heavy (non-hydrogen) atoms. The van der Waals surface area contributed by atoms with Crippen molar-refractivity contribution in [3.63, 3.8) is 0 Å². The molecule has 0 aliphatic carbocycles. The van der Waals surface area contributed by atoms with Crippen molar-refractivity contribution in [2.75, 3.05) is 32.1 Å². The second-order valence-electron chi connectivity index (χ2n) is 5.04. The van der Waals surface area contributed by atoms with Gasteiger partial charge in [0, 0.05) is 20.1 Å². The molecule has 4 heteroatoms. The standard InChI is InChI=1S/C16H27N3S/c1-13-7-5-8-15(11-13)14(2)12-19-16(17-3)18-9-6-10-20-4/h5,7-8,11,14H,6,9-10,12H2,1-4H3,(H2,17,18,19). The fourth-order valence-electron chi connectivity index (χ4n) is 1.99. The van der Waals surface area contributed by atoms with Gasteiger partial charge in [-0.3, -0.25) is 4.99 Å². The molecule has 0 heterocycles. The number of benzene rings is 1. The summed E-state index contributed by atoms with van der Waals surface area (Å²) in [7, 11) is 1.82. The number of hydrogen-bond donors (Lipinski definition) is 2. The van der Waals surface area contributed by atoms with Crippen molar-refractivity contribution in [2.24, 2.45) is 4.99 Å². The third kappa shape index (κ3) is 6.33. The summed E-state index contributed by atoms with van der Waals surface area (Å²) < 4.78 is 0. The van der Waals surface area contributed by atoms with Crippen molar-refractivity contribution < 1.29 is 0 Å². The van der Waals surface area contributed by atoms with Crippen molar-refractivity contribution >= 4 is 17.7 Å². The van der Waals surface area contributed by atoms with Gasteiger partial charge < -0.3 is 10.6 Å². The third-order valence-electron chi connectivity index (χ3n) is 3.23. The maximum Gasteiger partial charge on any atom is 0.190 e. The molecule has 3 nitrogen and oxygen atoms in total. The predicted octanol–water partition coefficient (Wildman–Crippen LogP) is 3.02. The van der Waals surface area contributed by atoms with E-state index in [0.717, 1.165) is 25.5 Å².